The molecule has 0 heterocycles. The Morgan fingerprint density at radius 1 is 0.667 bits per heavy atom. The Bertz CT molecular complexity index is 10.8. The Balaban J connectivity index is 0. The monoisotopic (exact) mass is 225 g/mol. The van der Waals surface area contributed by atoms with Crippen LogP contribution in [-0.4, -0.2) is 0 Å². The molecule has 0 bridgehead atoms. The first kappa shape index (κ1) is 62.3. The average molecular weight is 228 g/mol. The molecular weight excluding hydrogens is 225 g/mol. The van der Waals surface area contributed by atoms with Crippen LogP contribution in [0.4, 0.5) is 0 Å². The van der Waals surface area contributed by atoms with E-state index in [2.05, 4.69) is 0 Å². The van der Waals surface area contributed by atoms with Crippen molar-refractivity contribution in [3.8, 4) is 0 Å². The maximum atomic E-state index is 0. The van der Waals surface area contributed by atoms with Gasteiger partial charge in [-0.1, -0.05) is 0 Å². The molecule has 0 saturated carbocycles. The fraction of sp³-hybridized carbons (Fsp3) is 0. The van der Waals surface area contributed by atoms with Crippen molar-refractivity contribution in [2.45, 2.75) is 0 Å². The van der Waals surface area contributed by atoms with Gasteiger partial charge in [-0.15, -0.1) is 0 Å². The van der Waals surface area contributed by atoms with Crippen LogP contribution in [0.3, 0.4) is 0 Å². The van der Waals surface area contributed by atoms with E-state index in [-0.39, 0.29) is 114 Å². The van der Waals surface area contributed by atoms with E-state index in [1.165, 1.54) is 0 Å². The second kappa shape index (κ2) is 42.6. The zero-order chi connectivity index (χ0) is 0. The summed E-state index contributed by atoms with van der Waals surface area (Å²) in [7, 11) is 0. The van der Waals surface area contributed by atoms with Gasteiger partial charge in [-0.05, 0) is 0 Å². The van der Waals surface area contributed by atoms with Gasteiger partial charge in [-0.2, -0.15) is 0 Å². The first-order chi connectivity index (χ1) is 0. The van der Waals surface area contributed by atoms with Crippen molar-refractivity contribution >= 4 is 0 Å². The van der Waals surface area contributed by atoms with Crippen LogP contribution in [0.25, 0.3) is 0 Å². The van der Waals surface area contributed by atoms with Crippen LogP contribution in [-0.2, 0) is 19.5 Å². The molecule has 32 valence electrons. The minimum Gasteiger partial charge on any atom is -1.00 e. The Kier molecular flexibility index (Phi) is 442. The van der Waals surface area contributed by atoms with Crippen LogP contribution in [0.1, 0.15) is 0 Å². The summed E-state index contributed by atoms with van der Waals surface area (Å²) in [6.45, 7) is 0. The maximum absolute atomic E-state index is 0. The maximum Gasteiger partial charge on any atom is 2.00 e. The fourth-order valence-electron chi connectivity index (χ4n) is 0. The molecule has 0 aromatic heterocycles. The molecule has 0 radical (unpaired) electrons. The van der Waals surface area contributed by atoms with Crippen molar-refractivity contribution in [3.63, 3.8) is 0 Å². The number of hydrogen-bond donors (Lipinski definition) is 1. The molecule has 0 aliphatic rings. The quantitative estimate of drug-likeness (QED) is 0.410. The first-order valence-corrected chi connectivity index (χ1v) is 0. The molecular formula is H3Cl3KNZn. The predicted molar refractivity (Wildman–Crippen MR) is 5.02 cm³/mol. The molecule has 0 rings (SSSR count). The van der Waals surface area contributed by atoms with E-state index < -0.39 is 0 Å². The minimum atomic E-state index is 0. The van der Waals surface area contributed by atoms with Crippen molar-refractivity contribution in [1.82, 2.24) is 6.15 Å². The Hall–Kier alpha value is 3.09. The van der Waals surface area contributed by atoms with Crippen LogP contribution in [0, 0.1) is 0 Å². The van der Waals surface area contributed by atoms with E-state index >= 15 is 0 Å². The van der Waals surface area contributed by atoms with E-state index in [0.29, 0.717) is 0 Å². The summed E-state index contributed by atoms with van der Waals surface area (Å²) >= 11 is 0. The van der Waals surface area contributed by atoms with Gasteiger partial charge in [0.2, 0.25) is 0 Å². The molecule has 1 nitrogen and oxygen atoms in total. The third-order valence-electron chi connectivity index (χ3n) is 0. The molecule has 0 saturated heterocycles. The molecule has 0 unspecified atom stereocenters. The topological polar surface area (TPSA) is 35.0 Å². The standard InChI is InChI=1S/3ClH.K.H3N.Zn/h3*1H;;1H3;/q;;;+1;;+2/p-3. The van der Waals surface area contributed by atoms with Crippen LogP contribution in [0.15, 0.2) is 0 Å². The van der Waals surface area contributed by atoms with Crippen molar-refractivity contribution in [2.75, 3.05) is 0 Å². The smallest absolute Gasteiger partial charge is 1.00 e. The molecule has 0 atom stereocenters. The van der Waals surface area contributed by atoms with E-state index in [4.69, 9.17) is 0 Å². The molecule has 0 spiro atoms. The number of hydrogen-bond acceptors (Lipinski definition) is 1. The Labute approximate surface area is 112 Å². The summed E-state index contributed by atoms with van der Waals surface area (Å²) in [4.78, 5) is 0. The second-order valence-electron chi connectivity index (χ2n) is 0. The fourth-order valence-corrected chi connectivity index (χ4v) is 0. The van der Waals surface area contributed by atoms with Gasteiger partial charge in [0.25, 0.3) is 0 Å². The zero-order valence-corrected chi connectivity index (χ0v) is 11.9. The average Bonchev–Trinajstić information content (AvgIpc) is 0. The van der Waals surface area contributed by atoms with Gasteiger partial charge in [0.1, 0.15) is 0 Å². The first-order valence-electron chi connectivity index (χ1n) is 0. The normalized spacial score (nSPS) is 0. The summed E-state index contributed by atoms with van der Waals surface area (Å²) in [6, 6.07) is 0. The van der Waals surface area contributed by atoms with Gasteiger partial charge >= 0.3 is 70.9 Å². The van der Waals surface area contributed by atoms with Crippen molar-refractivity contribution in [3.05, 3.63) is 0 Å². The largest absolute Gasteiger partial charge is 2.00 e. The van der Waals surface area contributed by atoms with E-state index in [1.807, 2.05) is 0 Å². The van der Waals surface area contributed by atoms with Crippen LogP contribution >= 0.6 is 0 Å². The summed E-state index contributed by atoms with van der Waals surface area (Å²) in [5, 5.41) is 0. The minimum absolute atomic E-state index is 0. The third kappa shape index (κ3) is 27.5. The summed E-state index contributed by atoms with van der Waals surface area (Å²) < 4.78 is 0. The molecule has 3 N–H and O–H groups in total. The van der Waals surface area contributed by atoms with Gasteiger partial charge < -0.3 is 43.4 Å². The van der Waals surface area contributed by atoms with Gasteiger partial charge in [0, 0.05) is 0 Å². The number of halogens is 3. The summed E-state index contributed by atoms with van der Waals surface area (Å²) in [5.74, 6) is 0. The van der Waals surface area contributed by atoms with E-state index in [1.54, 1.807) is 0 Å². The molecule has 0 aromatic rings. The van der Waals surface area contributed by atoms with Gasteiger partial charge in [-0.25, -0.2) is 0 Å². The van der Waals surface area contributed by atoms with E-state index in [0.717, 1.165) is 0 Å². The van der Waals surface area contributed by atoms with Gasteiger partial charge in [-0.3, -0.25) is 0 Å². The second-order valence-corrected chi connectivity index (χ2v) is 0. The summed E-state index contributed by atoms with van der Waals surface area (Å²) in [5.41, 5.74) is 0. The van der Waals surface area contributed by atoms with Crippen LogP contribution in [0.5, 0.6) is 0 Å². The molecule has 6 heavy (non-hydrogen) atoms. The van der Waals surface area contributed by atoms with Crippen molar-refractivity contribution in [2.24, 2.45) is 0 Å². The molecule has 0 aliphatic heterocycles. The third-order valence-corrected chi connectivity index (χ3v) is 0. The number of rotatable bonds is 0. The van der Waals surface area contributed by atoms with E-state index in [9.17, 15) is 0 Å². The van der Waals surface area contributed by atoms with Gasteiger partial charge in [0.15, 0.2) is 0 Å². The van der Waals surface area contributed by atoms with Crippen LogP contribution < -0.4 is 94.8 Å². The van der Waals surface area contributed by atoms with Crippen molar-refractivity contribution < 1.29 is 108 Å². The molecule has 0 aromatic carbocycles. The van der Waals surface area contributed by atoms with Crippen molar-refractivity contribution in [1.29, 1.82) is 0 Å². The Morgan fingerprint density at radius 2 is 0.667 bits per heavy atom. The molecule has 0 aliphatic carbocycles. The molecule has 0 fully saturated rings. The predicted octanol–water partition coefficient (Wildman–Crippen LogP) is -11.8. The Morgan fingerprint density at radius 3 is 0.667 bits per heavy atom. The summed E-state index contributed by atoms with van der Waals surface area (Å²) in [6.07, 6.45) is 0. The zero-order valence-electron chi connectivity index (χ0n) is 3.55. The van der Waals surface area contributed by atoms with Gasteiger partial charge in [0.05, 0.1) is 0 Å². The molecule has 0 amide bonds. The van der Waals surface area contributed by atoms with Crippen LogP contribution in [0.2, 0.25) is 0 Å². The molecule has 6 heteroatoms. The SMILES string of the molecule is N.[Cl-].[Cl-].[Cl-].[K+].[Zn+2].